The summed E-state index contributed by atoms with van der Waals surface area (Å²) in [7, 11) is -1.28. The van der Waals surface area contributed by atoms with Crippen LogP contribution in [0.3, 0.4) is 0 Å². The van der Waals surface area contributed by atoms with Crippen LogP contribution in [0.4, 0.5) is 0 Å². The fraction of sp³-hybridized carbons (Fsp3) is 0. The van der Waals surface area contributed by atoms with E-state index in [1.54, 1.807) is 0 Å². The van der Waals surface area contributed by atoms with E-state index < -0.39 is 17.4 Å². The van der Waals surface area contributed by atoms with Gasteiger partial charge < -0.3 is 0 Å². The van der Waals surface area contributed by atoms with Crippen LogP contribution in [0.25, 0.3) is 10.9 Å². The molecule has 1 heterocycles. The molecule has 4 aromatic carbocycles. The summed E-state index contributed by atoms with van der Waals surface area (Å²) in [6, 6.07) is 41.8. The number of rotatable bonds is 5. The smallest absolute Gasteiger partial charge is 0.0912 e. The maximum Gasteiger partial charge on any atom is 0.0912 e. The zero-order valence-electron chi connectivity index (χ0n) is 16.6. The van der Waals surface area contributed by atoms with E-state index in [9.17, 15) is 0 Å². The summed E-state index contributed by atoms with van der Waals surface area (Å²) < 4.78 is 0. The Balaban J connectivity index is 1.64. The summed E-state index contributed by atoms with van der Waals surface area (Å²) in [6.07, 6.45) is 1.91. The highest BCUT2D eigenvalue weighted by molar-refractivity contribution is 7.80. The second kappa shape index (κ2) is 8.75. The average molecular weight is 420 g/mol. The first-order valence-corrected chi connectivity index (χ1v) is 13.0. The molecule has 30 heavy (non-hydrogen) atoms. The lowest BCUT2D eigenvalue weighted by Gasteiger charge is -2.22. The third-order valence-electron chi connectivity index (χ3n) is 5.36. The summed E-state index contributed by atoms with van der Waals surface area (Å²) in [6.45, 7) is 0. The number of nitrogens with zero attached hydrogens (tertiary/aromatic N) is 1. The van der Waals surface area contributed by atoms with E-state index in [2.05, 4.69) is 109 Å². The number of para-hydroxylation sites is 1. The number of aromatic nitrogens is 1. The SMILES string of the molecule is c1ccc(P(c2ccccc2)c2ccccc2[SiH2]c2cccc3cccnc23)cc1. The van der Waals surface area contributed by atoms with Gasteiger partial charge in [-0.2, -0.15) is 0 Å². The third-order valence-corrected chi connectivity index (χ3v) is 10.2. The van der Waals surface area contributed by atoms with Gasteiger partial charge in [-0.3, -0.25) is 4.98 Å². The minimum Gasteiger partial charge on any atom is -0.256 e. The normalized spacial score (nSPS) is 11.5. The lowest BCUT2D eigenvalue weighted by molar-refractivity contribution is 1.42. The molecule has 0 amide bonds. The van der Waals surface area contributed by atoms with Gasteiger partial charge >= 0.3 is 0 Å². The van der Waals surface area contributed by atoms with Gasteiger partial charge in [-0.05, 0) is 35.1 Å². The number of fused-ring (bicyclic) bond motifs is 1. The highest BCUT2D eigenvalue weighted by Crippen LogP contribution is 2.31. The largest absolute Gasteiger partial charge is 0.256 e. The molecule has 0 atom stereocenters. The Morgan fingerprint density at radius 3 is 1.87 bits per heavy atom. The Kier molecular flexibility index (Phi) is 5.52. The van der Waals surface area contributed by atoms with Crippen LogP contribution in [-0.2, 0) is 0 Å². The van der Waals surface area contributed by atoms with E-state index in [1.807, 2.05) is 12.3 Å². The molecule has 0 radical (unpaired) electrons. The summed E-state index contributed by atoms with van der Waals surface area (Å²) in [5.41, 5.74) is 1.16. The molecule has 3 heteroatoms. The van der Waals surface area contributed by atoms with Crippen LogP contribution < -0.4 is 26.3 Å². The molecule has 0 aliphatic rings. The van der Waals surface area contributed by atoms with E-state index in [1.165, 1.54) is 31.7 Å². The van der Waals surface area contributed by atoms with Crippen LogP contribution in [0.5, 0.6) is 0 Å². The van der Waals surface area contributed by atoms with Crippen molar-refractivity contribution in [3.05, 3.63) is 121 Å². The lowest BCUT2D eigenvalue weighted by Crippen LogP contribution is -2.40. The summed E-state index contributed by atoms with van der Waals surface area (Å²) in [5.74, 6) is 0. The monoisotopic (exact) mass is 419 g/mol. The van der Waals surface area contributed by atoms with Gasteiger partial charge in [-0.25, -0.2) is 0 Å². The third kappa shape index (κ3) is 3.85. The van der Waals surface area contributed by atoms with Crippen LogP contribution in [0, 0.1) is 0 Å². The van der Waals surface area contributed by atoms with E-state index in [4.69, 9.17) is 4.98 Å². The zero-order chi connectivity index (χ0) is 20.2. The maximum atomic E-state index is 4.71. The van der Waals surface area contributed by atoms with Crippen molar-refractivity contribution >= 4 is 54.6 Å². The van der Waals surface area contributed by atoms with Gasteiger partial charge in [0.2, 0.25) is 0 Å². The predicted molar refractivity (Wildman–Crippen MR) is 135 cm³/mol. The Bertz CT molecular complexity index is 1230. The van der Waals surface area contributed by atoms with Crippen LogP contribution >= 0.6 is 7.92 Å². The van der Waals surface area contributed by atoms with Gasteiger partial charge in [0.1, 0.15) is 0 Å². The molecule has 0 fully saturated rings. The van der Waals surface area contributed by atoms with Gasteiger partial charge in [-0.15, -0.1) is 0 Å². The van der Waals surface area contributed by atoms with E-state index >= 15 is 0 Å². The standard InChI is InChI=1S/C27H22NPSi/c1-3-13-22(14-4-1)29(23-15-5-2-6-16-23)24-17-7-8-18-25(24)30-26-19-9-11-21-12-10-20-28-27(21)26/h1-20H,30H2. The molecule has 5 rings (SSSR count). The number of hydrogen-bond acceptors (Lipinski definition) is 1. The van der Waals surface area contributed by atoms with Crippen molar-refractivity contribution in [3.8, 4) is 0 Å². The first-order valence-electron chi connectivity index (χ1n) is 10.2. The lowest BCUT2D eigenvalue weighted by atomic mass is 10.2. The molecule has 5 aromatic rings. The predicted octanol–water partition coefficient (Wildman–Crippen LogP) is 3.11. The highest BCUT2D eigenvalue weighted by Gasteiger charge is 2.19. The van der Waals surface area contributed by atoms with Crippen LogP contribution in [0.2, 0.25) is 0 Å². The minimum atomic E-state index is -0.684. The number of pyridine rings is 1. The molecule has 1 nitrogen and oxygen atoms in total. The second-order valence-corrected chi connectivity index (χ2v) is 11.4. The highest BCUT2D eigenvalue weighted by atomic mass is 31.1. The van der Waals surface area contributed by atoms with Crippen molar-refractivity contribution in [2.45, 2.75) is 0 Å². The van der Waals surface area contributed by atoms with E-state index in [0.29, 0.717) is 0 Å². The fourth-order valence-electron chi connectivity index (χ4n) is 3.98. The quantitative estimate of drug-likeness (QED) is 0.315. The molecule has 0 saturated carbocycles. The first kappa shape index (κ1) is 18.9. The Morgan fingerprint density at radius 1 is 0.533 bits per heavy atom. The Hall–Kier alpha value is -3.06. The van der Waals surface area contributed by atoms with Crippen molar-refractivity contribution in [3.63, 3.8) is 0 Å². The number of hydrogen-bond donors (Lipinski definition) is 0. The van der Waals surface area contributed by atoms with Gasteiger partial charge in [0.25, 0.3) is 0 Å². The fourth-order valence-corrected chi connectivity index (χ4v) is 8.76. The van der Waals surface area contributed by atoms with Crippen LogP contribution in [0.1, 0.15) is 0 Å². The van der Waals surface area contributed by atoms with Crippen LogP contribution in [0.15, 0.2) is 121 Å². The van der Waals surface area contributed by atoms with E-state index in [0.717, 1.165) is 5.52 Å². The first-order chi connectivity index (χ1) is 14.9. The maximum absolute atomic E-state index is 4.71. The molecular formula is C27H22NPSi. The summed E-state index contributed by atoms with van der Waals surface area (Å²) in [4.78, 5) is 4.71. The summed E-state index contributed by atoms with van der Waals surface area (Å²) >= 11 is 0. The molecule has 0 bridgehead atoms. The average Bonchev–Trinajstić information content (AvgIpc) is 2.82. The molecule has 0 saturated heterocycles. The van der Waals surface area contributed by atoms with Gasteiger partial charge in [0.05, 0.1) is 15.0 Å². The molecule has 1 aromatic heterocycles. The Morgan fingerprint density at radius 2 is 1.13 bits per heavy atom. The summed E-state index contributed by atoms with van der Waals surface area (Å²) in [5, 5.41) is 8.43. The minimum absolute atomic E-state index is 0.592. The van der Waals surface area contributed by atoms with Gasteiger partial charge in [0, 0.05) is 11.6 Å². The van der Waals surface area contributed by atoms with Crippen LogP contribution in [-0.4, -0.2) is 14.5 Å². The molecule has 0 spiro atoms. The molecular weight excluding hydrogens is 397 g/mol. The molecule has 144 valence electrons. The van der Waals surface area contributed by atoms with Crippen molar-refractivity contribution in [2.75, 3.05) is 0 Å². The van der Waals surface area contributed by atoms with E-state index in [-0.39, 0.29) is 0 Å². The van der Waals surface area contributed by atoms with Gasteiger partial charge in [-0.1, -0.05) is 114 Å². The second-order valence-electron chi connectivity index (χ2n) is 7.30. The Labute approximate surface area is 181 Å². The molecule has 0 aliphatic heterocycles. The molecule has 0 aliphatic carbocycles. The zero-order valence-corrected chi connectivity index (χ0v) is 19.0. The molecule has 0 N–H and O–H groups in total. The van der Waals surface area contributed by atoms with Gasteiger partial charge in [0.15, 0.2) is 0 Å². The topological polar surface area (TPSA) is 12.9 Å². The van der Waals surface area contributed by atoms with Crippen molar-refractivity contribution in [2.24, 2.45) is 0 Å². The molecule has 0 unspecified atom stereocenters. The van der Waals surface area contributed by atoms with Crippen molar-refractivity contribution in [1.29, 1.82) is 0 Å². The van der Waals surface area contributed by atoms with Crippen molar-refractivity contribution in [1.82, 2.24) is 4.98 Å². The van der Waals surface area contributed by atoms with Crippen molar-refractivity contribution < 1.29 is 0 Å². The number of benzene rings is 4.